The molecule has 6 bridgehead atoms. The summed E-state index contributed by atoms with van der Waals surface area (Å²) in [6, 6.07) is 3.19. The molecule has 9 atom stereocenters. The van der Waals surface area contributed by atoms with Crippen LogP contribution in [0.5, 0.6) is 0 Å². The lowest BCUT2D eigenvalue weighted by Gasteiger charge is -2.39. The molecule has 2 aromatic heterocycles. The van der Waals surface area contributed by atoms with Gasteiger partial charge in [0.1, 0.15) is 24.7 Å². The summed E-state index contributed by atoms with van der Waals surface area (Å²) < 4.78 is 140. The van der Waals surface area contributed by atoms with Crippen molar-refractivity contribution in [2.75, 3.05) is 109 Å². The molecule has 18 nitrogen and oxygen atoms in total. The Bertz CT molecular complexity index is 3340. The van der Waals surface area contributed by atoms with Crippen molar-refractivity contribution in [3.63, 3.8) is 0 Å². The molecule has 3 aliphatic carbocycles. The van der Waals surface area contributed by atoms with E-state index >= 15 is 22.8 Å². The summed E-state index contributed by atoms with van der Waals surface area (Å²) in [5, 5.41) is 5.04. The molecule has 1 unspecified atom stereocenters. The smallest absolute Gasteiger partial charge is 0.406 e. The lowest BCUT2D eigenvalue weighted by Crippen LogP contribution is -2.62. The molecule has 13 rings (SSSR count). The van der Waals surface area contributed by atoms with Crippen LogP contribution < -0.4 is 20.5 Å². The van der Waals surface area contributed by atoms with Gasteiger partial charge in [-0.1, -0.05) is 26.7 Å². The first-order chi connectivity index (χ1) is 43.3. The van der Waals surface area contributed by atoms with E-state index in [1.165, 1.54) is 31.0 Å². The number of anilines is 2. The number of likely N-dealkylation sites (tertiary alicyclic amines) is 2. The van der Waals surface area contributed by atoms with Crippen LogP contribution >= 0.6 is 0 Å². The third-order valence-corrected chi connectivity index (χ3v) is 20.0. The minimum atomic E-state index is -4.85. The number of alkyl halides is 3. The zero-order chi connectivity index (χ0) is 65.6. The molecule has 9 fully saturated rings. The van der Waals surface area contributed by atoms with Crippen LogP contribution in [-0.2, 0) is 46.4 Å². The highest BCUT2D eigenvalue weighted by molar-refractivity contribution is 5.95. The van der Waals surface area contributed by atoms with E-state index in [0.717, 1.165) is 49.3 Å². The van der Waals surface area contributed by atoms with Gasteiger partial charge in [-0.3, -0.25) is 43.9 Å². The second-order valence-electron chi connectivity index (χ2n) is 26.8. The Morgan fingerprint density at radius 3 is 2.45 bits per heavy atom. The number of fused-ring (bicyclic) bond motifs is 6. The monoisotopic (exact) mass is 1180 g/mol. The van der Waals surface area contributed by atoms with E-state index < -0.39 is 98.1 Å². The molecule has 6 saturated heterocycles. The maximum Gasteiger partial charge on any atom is 0.406 e. The highest BCUT2D eigenvalue weighted by atomic mass is 19.4. The van der Waals surface area contributed by atoms with Crippen LogP contribution in [0.1, 0.15) is 133 Å². The number of amides is 3. The van der Waals surface area contributed by atoms with Gasteiger partial charge >= 0.3 is 12.1 Å². The highest BCUT2D eigenvalue weighted by Crippen LogP contribution is 2.49. The number of likely N-dealkylation sites (N-methyl/N-ethyl adjacent to an activating group) is 1. The van der Waals surface area contributed by atoms with Crippen molar-refractivity contribution in [3.05, 3.63) is 41.7 Å². The minimum absolute atomic E-state index is 0.0381. The molecule has 458 valence electrons. The average molecular weight is 1180 g/mol. The fraction of sp³-hybridized carbons (Fsp3) is 0.730. The fourth-order valence-corrected chi connectivity index (χ4v) is 15.1. The predicted octanol–water partition coefficient (Wildman–Crippen LogP) is 6.53. The van der Waals surface area contributed by atoms with Crippen molar-refractivity contribution in [2.24, 2.45) is 22.7 Å². The van der Waals surface area contributed by atoms with E-state index in [-0.39, 0.29) is 90.8 Å². The summed E-state index contributed by atoms with van der Waals surface area (Å²) in [6.45, 7) is -5.78. The lowest BCUT2D eigenvalue weighted by molar-refractivity contribution is -0.156. The summed E-state index contributed by atoms with van der Waals surface area (Å²) in [7, 11) is 3.42. The number of halogens is 3. The van der Waals surface area contributed by atoms with Gasteiger partial charge in [0.15, 0.2) is 0 Å². The molecule has 7 aliphatic heterocycles. The fourth-order valence-electron chi connectivity index (χ4n) is 15.1. The summed E-state index contributed by atoms with van der Waals surface area (Å²) in [5.74, 6) is -0.499. The number of hydrazine groups is 1. The number of hydrogen-bond acceptors (Lipinski definition) is 14. The Kier molecular flexibility index (Phi) is 13.4. The normalized spacial score (nSPS) is 34.8. The Morgan fingerprint density at radius 2 is 1.71 bits per heavy atom. The Balaban J connectivity index is 0.859. The van der Waals surface area contributed by atoms with Gasteiger partial charge in [0.05, 0.1) is 60.2 Å². The molecule has 3 saturated carbocycles. The second-order valence-corrected chi connectivity index (χ2v) is 26.8. The van der Waals surface area contributed by atoms with Crippen LogP contribution in [0.2, 0.25) is 0 Å². The molecule has 3 aromatic rings. The molecule has 9 heterocycles. The summed E-state index contributed by atoms with van der Waals surface area (Å²) in [6.07, 6.45) is 3.69. The van der Waals surface area contributed by atoms with Gasteiger partial charge in [0.25, 0.3) is 5.91 Å². The van der Waals surface area contributed by atoms with Crippen molar-refractivity contribution >= 4 is 46.0 Å². The zero-order valence-electron chi connectivity index (χ0n) is 57.1. The maximum atomic E-state index is 15.5. The first kappa shape index (κ1) is 49.0. The number of benzene rings is 1. The van der Waals surface area contributed by atoms with Crippen LogP contribution in [0, 0.1) is 22.7 Å². The van der Waals surface area contributed by atoms with Gasteiger partial charge in [-0.2, -0.15) is 13.2 Å². The number of ether oxygens (including phenoxy) is 3. The van der Waals surface area contributed by atoms with E-state index in [1.54, 1.807) is 39.0 Å². The number of piperazine rings is 1. The molecular formula is C63H88F3N11O7. The van der Waals surface area contributed by atoms with E-state index in [1.807, 2.05) is 11.9 Å². The molecule has 1 spiro atoms. The van der Waals surface area contributed by atoms with Crippen molar-refractivity contribution in [2.45, 2.75) is 172 Å². The predicted molar refractivity (Wildman–Crippen MR) is 312 cm³/mol. The third-order valence-electron chi connectivity index (χ3n) is 20.0. The zero-order valence-corrected chi connectivity index (χ0v) is 49.1. The molecule has 84 heavy (non-hydrogen) atoms. The minimum Gasteiger partial charge on any atom is -0.464 e. The number of hydrogen-bond donors (Lipinski definition) is 2. The molecule has 0 radical (unpaired) electrons. The van der Waals surface area contributed by atoms with Crippen LogP contribution in [0.15, 0.2) is 30.5 Å². The van der Waals surface area contributed by atoms with Gasteiger partial charge in [-0.15, -0.1) is 0 Å². The van der Waals surface area contributed by atoms with Gasteiger partial charge < -0.3 is 38.8 Å². The van der Waals surface area contributed by atoms with Crippen molar-refractivity contribution < 1.29 is 57.5 Å². The number of pyridine rings is 1. The number of esters is 1. The number of cyclic esters (lactones) is 1. The van der Waals surface area contributed by atoms with Crippen molar-refractivity contribution in [3.8, 4) is 11.3 Å². The lowest BCUT2D eigenvalue weighted by atomic mass is 9.84. The first-order valence-corrected chi connectivity index (χ1v) is 30.9. The second kappa shape index (κ2) is 22.9. The van der Waals surface area contributed by atoms with Gasteiger partial charge in [-0.05, 0) is 133 Å². The van der Waals surface area contributed by atoms with Crippen LogP contribution in [0.4, 0.5) is 24.5 Å². The maximum absolute atomic E-state index is 15.5. The molecule has 2 N–H and O–H groups in total. The first-order valence-electron chi connectivity index (χ1n) is 34.9. The van der Waals surface area contributed by atoms with E-state index in [9.17, 15) is 15.1 Å². The number of aromatic nitrogens is 2. The SMILES string of the molecule is [2H]C1([2H])N(c2cnc([C@H](C)OC)c(-c3c4c5cc(ccc5n3CC(F)(F)F)N3CCO[C@@H](C[C@H](NC(=O)[C@H](C5CCCC5)N5CC[C@]6(CCN(C(=O)[C@H]7[C@@H](C8CC8)N7C)C6)C5)C(=O)N5CCC[C@H](N5)C(=O)OCC(C)(C)C4)C3)c2)C([2H])([2H])C([2H])([2H])N(C2CC2)C1([2H])[2H]. The van der Waals surface area contributed by atoms with E-state index in [0.29, 0.717) is 96.8 Å². The molecule has 1 aromatic carbocycles. The number of methoxy groups -OCH3 is 1. The van der Waals surface area contributed by atoms with Crippen LogP contribution in [0.3, 0.4) is 0 Å². The van der Waals surface area contributed by atoms with Crippen LogP contribution in [-0.4, -0.2) is 206 Å². The summed E-state index contributed by atoms with van der Waals surface area (Å²) >= 11 is 0. The van der Waals surface area contributed by atoms with Crippen molar-refractivity contribution in [1.82, 2.24) is 44.9 Å². The standard InChI is InChI=1S/C63H88F3N11O7/c1-39(82-5)52-47(30-44(33-67-52)72-25-23-71(24-26-72)42-14-15-42)55-48-32-61(2,3)38-84-60(81)49-11-8-20-77(69-49)58(79)50(31-45-34-73(27-28-83-45)43-16-17-51(46(48)29-43)76(55)37-63(64,65)66)68-57(78)54(40-9-6-7-10-40)74-21-18-62(35-74)19-22-75(36-62)59(80)56-53(70(56)4)41-12-13-41/h16-17,29-30,33,39-42,45,49-50,53-54,56,69H,6-15,18-28,31-32,34-38H2,1-5H3,(H,68,78)/t39-,45-,49-,50-,53+,54-,56+,62-,70?/m0/s1/i23D2,24D2,25D2,26D2. The number of carbonyl (C=O) groups excluding carboxylic acids is 4. The Morgan fingerprint density at radius 1 is 0.940 bits per heavy atom. The van der Waals surface area contributed by atoms with Crippen molar-refractivity contribution in [1.29, 1.82) is 0 Å². The van der Waals surface area contributed by atoms with Gasteiger partial charge in [0, 0.05) is 129 Å². The number of morpholine rings is 1. The quantitative estimate of drug-likeness (QED) is 0.149. The molecular weight excluding hydrogens is 1080 g/mol. The summed E-state index contributed by atoms with van der Waals surface area (Å²) in [5.41, 5.74) is 2.54. The number of nitrogens with one attached hydrogen (secondary N) is 2. The number of nitrogens with zero attached hydrogens (tertiary/aromatic N) is 9. The molecule has 21 heteroatoms. The Hall–Kier alpha value is -5.06. The Labute approximate surface area is 503 Å². The number of rotatable bonds is 12. The van der Waals surface area contributed by atoms with Crippen LogP contribution in [0.25, 0.3) is 22.2 Å². The van der Waals surface area contributed by atoms with Gasteiger partial charge in [0.2, 0.25) is 11.8 Å². The summed E-state index contributed by atoms with van der Waals surface area (Å²) in [4.78, 5) is 73.2. The highest BCUT2D eigenvalue weighted by Gasteiger charge is 2.59. The molecule has 3 amide bonds. The average Bonchev–Trinajstić information content (AvgIpc) is 0.935. The topological polar surface area (TPSA) is 160 Å². The number of carbonyl (C=O) groups is 4. The van der Waals surface area contributed by atoms with Gasteiger partial charge in [-0.25, -0.2) is 5.43 Å². The third kappa shape index (κ3) is 11.8. The van der Waals surface area contributed by atoms with E-state index in [2.05, 4.69) is 30.4 Å². The molecule has 10 aliphatic rings. The van der Waals surface area contributed by atoms with E-state index in [4.69, 9.17) is 19.7 Å². The largest absolute Gasteiger partial charge is 0.464 e.